The van der Waals surface area contributed by atoms with Gasteiger partial charge in [0.2, 0.25) is 5.91 Å². The maximum Gasteiger partial charge on any atom is 0.220 e. The molecule has 0 atom stereocenters. The number of nitrogens with zero attached hydrogens (tertiary/aromatic N) is 1. The summed E-state index contributed by atoms with van der Waals surface area (Å²) in [5.41, 5.74) is 7.27. The Morgan fingerprint density at radius 1 is 1.44 bits per heavy atom. The van der Waals surface area contributed by atoms with Crippen LogP contribution in [0.5, 0.6) is 0 Å². The minimum absolute atomic E-state index is 0.00530. The number of nitrogens with two attached hydrogens (primary N) is 1. The smallest absolute Gasteiger partial charge is 0.220 e. The van der Waals surface area contributed by atoms with Gasteiger partial charge in [0.25, 0.3) is 0 Å². The van der Waals surface area contributed by atoms with Gasteiger partial charge in [0.05, 0.1) is 6.61 Å². The molecule has 0 aromatic heterocycles. The highest BCUT2D eigenvalue weighted by atomic mass is 79.9. The van der Waals surface area contributed by atoms with E-state index in [9.17, 15) is 9.90 Å². The van der Waals surface area contributed by atoms with E-state index in [1.54, 1.807) is 0 Å². The number of anilines is 1. The Kier molecular flexibility index (Phi) is 4.24. The molecular weight excluding hydrogens is 296 g/mol. The summed E-state index contributed by atoms with van der Waals surface area (Å²) in [5, 5.41) is 9.39. The lowest BCUT2D eigenvalue weighted by Gasteiger charge is -2.33. The van der Waals surface area contributed by atoms with Crippen LogP contribution in [0.15, 0.2) is 22.7 Å². The molecule has 0 spiro atoms. The zero-order valence-electron chi connectivity index (χ0n) is 10.1. The molecule has 3 N–H and O–H groups in total. The molecule has 1 aromatic carbocycles. The van der Waals surface area contributed by atoms with Gasteiger partial charge in [0.15, 0.2) is 0 Å². The number of halogens is 1. The molecule has 1 saturated heterocycles. The van der Waals surface area contributed by atoms with Crippen molar-refractivity contribution in [3.05, 3.63) is 28.2 Å². The van der Waals surface area contributed by atoms with Crippen molar-refractivity contribution in [1.29, 1.82) is 0 Å². The molecule has 1 aliphatic rings. The van der Waals surface area contributed by atoms with Crippen LogP contribution in [0.3, 0.4) is 0 Å². The van der Waals surface area contributed by atoms with E-state index in [0.717, 1.165) is 41.7 Å². The van der Waals surface area contributed by atoms with Gasteiger partial charge in [-0.05, 0) is 31.0 Å². The van der Waals surface area contributed by atoms with E-state index >= 15 is 0 Å². The minimum Gasteiger partial charge on any atom is -0.392 e. The van der Waals surface area contributed by atoms with Crippen molar-refractivity contribution < 1.29 is 9.90 Å². The van der Waals surface area contributed by atoms with Crippen molar-refractivity contribution in [3.8, 4) is 0 Å². The molecule has 98 valence electrons. The quantitative estimate of drug-likeness (QED) is 0.891. The van der Waals surface area contributed by atoms with Gasteiger partial charge < -0.3 is 15.7 Å². The highest BCUT2D eigenvalue weighted by molar-refractivity contribution is 9.10. The van der Waals surface area contributed by atoms with Crippen LogP contribution < -0.4 is 10.6 Å². The summed E-state index contributed by atoms with van der Waals surface area (Å²) in [7, 11) is 0. The first kappa shape index (κ1) is 13.4. The number of rotatable bonds is 3. The van der Waals surface area contributed by atoms with Gasteiger partial charge in [-0.3, -0.25) is 4.79 Å². The number of aliphatic hydroxyl groups is 1. The second kappa shape index (κ2) is 5.71. The van der Waals surface area contributed by atoms with Gasteiger partial charge in [-0.1, -0.05) is 15.9 Å². The third-order valence-electron chi connectivity index (χ3n) is 3.45. The van der Waals surface area contributed by atoms with Gasteiger partial charge in [-0.25, -0.2) is 0 Å². The molecule has 5 heteroatoms. The molecule has 0 aliphatic carbocycles. The fraction of sp³-hybridized carbons (Fsp3) is 0.462. The Hall–Kier alpha value is -1.07. The van der Waals surface area contributed by atoms with E-state index in [1.165, 1.54) is 0 Å². The van der Waals surface area contributed by atoms with Crippen molar-refractivity contribution in [2.45, 2.75) is 19.4 Å². The first-order valence-electron chi connectivity index (χ1n) is 6.05. The van der Waals surface area contributed by atoms with E-state index in [1.807, 2.05) is 18.2 Å². The van der Waals surface area contributed by atoms with Gasteiger partial charge in [-0.15, -0.1) is 0 Å². The number of primary amides is 1. The van der Waals surface area contributed by atoms with Crippen LogP contribution in [0.1, 0.15) is 18.4 Å². The monoisotopic (exact) mass is 312 g/mol. The molecule has 1 aromatic rings. The Bertz CT molecular complexity index is 443. The van der Waals surface area contributed by atoms with Crippen LogP contribution >= 0.6 is 15.9 Å². The van der Waals surface area contributed by atoms with E-state index in [2.05, 4.69) is 20.8 Å². The first-order valence-corrected chi connectivity index (χ1v) is 6.84. The molecular formula is C13H17BrN2O2. The van der Waals surface area contributed by atoms with E-state index in [4.69, 9.17) is 5.73 Å². The third-order valence-corrected chi connectivity index (χ3v) is 3.94. The third kappa shape index (κ3) is 2.84. The van der Waals surface area contributed by atoms with Gasteiger partial charge >= 0.3 is 0 Å². The van der Waals surface area contributed by atoms with Crippen molar-refractivity contribution >= 4 is 27.5 Å². The normalized spacial score (nSPS) is 16.9. The number of hydrogen-bond acceptors (Lipinski definition) is 3. The standard InChI is InChI=1S/C13H17BrN2O2/c14-11-1-2-12(10(7-11)8-17)16-5-3-9(4-6-16)13(15)18/h1-2,7,9,17H,3-6,8H2,(H2,15,18). The Morgan fingerprint density at radius 3 is 2.67 bits per heavy atom. The summed E-state index contributed by atoms with van der Waals surface area (Å²) in [6, 6.07) is 5.89. The summed E-state index contributed by atoms with van der Waals surface area (Å²) in [6.45, 7) is 1.63. The molecule has 1 amide bonds. The molecule has 18 heavy (non-hydrogen) atoms. The zero-order chi connectivity index (χ0) is 13.1. The van der Waals surface area contributed by atoms with E-state index < -0.39 is 0 Å². The predicted molar refractivity (Wildman–Crippen MR) is 74.2 cm³/mol. The molecule has 0 saturated carbocycles. The van der Waals surface area contributed by atoms with Crippen LogP contribution in [-0.2, 0) is 11.4 Å². The van der Waals surface area contributed by atoms with Gasteiger partial charge in [-0.2, -0.15) is 0 Å². The SMILES string of the molecule is NC(=O)C1CCN(c2ccc(Br)cc2CO)CC1. The average Bonchev–Trinajstić information content (AvgIpc) is 2.38. The minimum atomic E-state index is -0.201. The molecule has 2 rings (SSSR count). The zero-order valence-corrected chi connectivity index (χ0v) is 11.7. The van der Waals surface area contributed by atoms with Crippen LogP contribution in [-0.4, -0.2) is 24.1 Å². The van der Waals surface area contributed by atoms with Crippen molar-refractivity contribution in [2.75, 3.05) is 18.0 Å². The van der Waals surface area contributed by atoms with Gasteiger partial charge in [0, 0.05) is 34.7 Å². The highest BCUT2D eigenvalue weighted by Crippen LogP contribution is 2.28. The fourth-order valence-corrected chi connectivity index (χ4v) is 2.80. The number of aliphatic hydroxyl groups excluding tert-OH is 1. The maximum atomic E-state index is 11.1. The first-order chi connectivity index (χ1) is 8.61. The molecule has 1 fully saturated rings. The molecule has 4 nitrogen and oxygen atoms in total. The largest absolute Gasteiger partial charge is 0.392 e. The topological polar surface area (TPSA) is 66.6 Å². The Morgan fingerprint density at radius 2 is 2.11 bits per heavy atom. The van der Waals surface area contributed by atoms with Gasteiger partial charge in [0.1, 0.15) is 0 Å². The second-order valence-corrected chi connectivity index (χ2v) is 5.51. The lowest BCUT2D eigenvalue weighted by molar-refractivity contribution is -0.122. The van der Waals surface area contributed by atoms with Crippen LogP contribution in [0, 0.1) is 5.92 Å². The average molecular weight is 313 g/mol. The Labute approximate surface area is 115 Å². The number of hydrogen-bond donors (Lipinski definition) is 2. The van der Waals surface area contributed by atoms with Crippen molar-refractivity contribution in [3.63, 3.8) is 0 Å². The summed E-state index contributed by atoms with van der Waals surface area (Å²) >= 11 is 3.40. The summed E-state index contributed by atoms with van der Waals surface area (Å²) in [6.07, 6.45) is 1.58. The number of benzene rings is 1. The lowest BCUT2D eigenvalue weighted by Crippen LogP contribution is -2.38. The number of piperidine rings is 1. The number of carbonyl (C=O) groups excluding carboxylic acids is 1. The maximum absolute atomic E-state index is 11.1. The second-order valence-electron chi connectivity index (χ2n) is 4.59. The van der Waals surface area contributed by atoms with Crippen LogP contribution in [0.2, 0.25) is 0 Å². The predicted octanol–water partition coefficient (Wildman–Crippen LogP) is 1.64. The number of amides is 1. The summed E-state index contributed by atoms with van der Waals surface area (Å²) in [5.74, 6) is -0.206. The van der Waals surface area contributed by atoms with Crippen LogP contribution in [0.25, 0.3) is 0 Å². The highest BCUT2D eigenvalue weighted by Gasteiger charge is 2.24. The van der Waals surface area contributed by atoms with E-state index in [-0.39, 0.29) is 18.4 Å². The van der Waals surface area contributed by atoms with Crippen molar-refractivity contribution in [2.24, 2.45) is 11.7 Å². The summed E-state index contributed by atoms with van der Waals surface area (Å²) < 4.78 is 0.960. The van der Waals surface area contributed by atoms with E-state index in [0.29, 0.717) is 0 Å². The molecule has 1 heterocycles. The summed E-state index contributed by atoms with van der Waals surface area (Å²) in [4.78, 5) is 13.3. The lowest BCUT2D eigenvalue weighted by atomic mass is 9.95. The molecule has 0 radical (unpaired) electrons. The molecule has 0 bridgehead atoms. The Balaban J connectivity index is 2.12. The molecule has 0 unspecified atom stereocenters. The van der Waals surface area contributed by atoms with Crippen LogP contribution in [0.4, 0.5) is 5.69 Å². The number of carbonyl (C=O) groups is 1. The van der Waals surface area contributed by atoms with Crippen molar-refractivity contribution in [1.82, 2.24) is 0 Å². The fourth-order valence-electron chi connectivity index (χ4n) is 2.39. The molecule has 1 aliphatic heterocycles.